The van der Waals surface area contributed by atoms with Crippen molar-refractivity contribution < 1.29 is 14.3 Å². The van der Waals surface area contributed by atoms with Crippen LogP contribution in [0.1, 0.15) is 67.7 Å². The standard InChI is InChI=1S/C34H42Cl2N6O3/c1-22-17-39(21-38-22)18-23-6-5-11-41(19-23)32(43)29-20-40(12-13-42(29)33(44)45-34(2,3)4)31-28-10-9-26(35)14-24(28)7-8-25-15-27(36)16-37-30(25)31/h9-10,14-17,21,23,29,31H,5-8,11-13,18-20H2,1-4H3/t23-,29+,31-/m0/s1. The van der Waals surface area contributed by atoms with Crippen molar-refractivity contribution in [2.45, 2.75) is 77.6 Å². The molecule has 2 aliphatic heterocycles. The minimum atomic E-state index is -0.697. The summed E-state index contributed by atoms with van der Waals surface area (Å²) < 4.78 is 7.94. The maximum Gasteiger partial charge on any atom is 0.411 e. The Labute approximate surface area is 275 Å². The normalized spacial score (nSPS) is 22.4. The fourth-order valence-electron chi connectivity index (χ4n) is 7.07. The number of hydrogen-bond acceptors (Lipinski definition) is 6. The van der Waals surface area contributed by atoms with Crippen LogP contribution in [0.3, 0.4) is 0 Å². The number of pyridine rings is 1. The molecule has 11 heteroatoms. The molecule has 2 fully saturated rings. The van der Waals surface area contributed by atoms with E-state index in [1.54, 1.807) is 11.1 Å². The zero-order chi connectivity index (χ0) is 31.9. The molecule has 1 aliphatic carbocycles. The number of rotatable bonds is 4. The first-order valence-electron chi connectivity index (χ1n) is 15.9. The number of fused-ring (bicyclic) bond motifs is 2. The lowest BCUT2D eigenvalue weighted by Crippen LogP contribution is -2.63. The largest absolute Gasteiger partial charge is 0.444 e. The third-order valence-corrected chi connectivity index (χ3v) is 9.48. The van der Waals surface area contributed by atoms with Crippen LogP contribution < -0.4 is 0 Å². The van der Waals surface area contributed by atoms with Crippen molar-refractivity contribution in [3.8, 4) is 0 Å². The molecule has 0 unspecified atom stereocenters. The highest BCUT2D eigenvalue weighted by atomic mass is 35.5. The molecule has 240 valence electrons. The summed E-state index contributed by atoms with van der Waals surface area (Å²) in [5.41, 5.74) is 4.61. The number of imidazole rings is 1. The Balaban J connectivity index is 1.32. The molecular formula is C34H42Cl2N6O3. The van der Waals surface area contributed by atoms with Gasteiger partial charge in [-0.3, -0.25) is 19.6 Å². The number of nitrogens with zero attached hydrogens (tertiary/aromatic N) is 6. The Morgan fingerprint density at radius 2 is 1.78 bits per heavy atom. The summed E-state index contributed by atoms with van der Waals surface area (Å²) >= 11 is 12.9. The van der Waals surface area contributed by atoms with E-state index >= 15 is 0 Å². The summed E-state index contributed by atoms with van der Waals surface area (Å²) in [4.78, 5) is 43.2. The van der Waals surface area contributed by atoms with Crippen LogP contribution in [0, 0.1) is 12.8 Å². The van der Waals surface area contributed by atoms with Gasteiger partial charge in [0.1, 0.15) is 11.6 Å². The third-order valence-electron chi connectivity index (χ3n) is 9.04. The molecule has 6 rings (SSSR count). The lowest BCUT2D eigenvalue weighted by molar-refractivity contribution is -0.141. The van der Waals surface area contributed by atoms with E-state index in [4.69, 9.17) is 32.9 Å². The molecule has 3 atom stereocenters. The van der Waals surface area contributed by atoms with E-state index in [-0.39, 0.29) is 11.9 Å². The van der Waals surface area contributed by atoms with Crippen molar-refractivity contribution in [3.05, 3.63) is 81.1 Å². The zero-order valence-corrected chi connectivity index (χ0v) is 28.0. The topological polar surface area (TPSA) is 83.8 Å². The number of hydrogen-bond donors (Lipinski definition) is 0. The van der Waals surface area contributed by atoms with Crippen molar-refractivity contribution in [1.82, 2.24) is 29.2 Å². The van der Waals surface area contributed by atoms with Gasteiger partial charge in [-0.05, 0) is 94.2 Å². The van der Waals surface area contributed by atoms with Crippen LogP contribution in [0.2, 0.25) is 10.0 Å². The van der Waals surface area contributed by atoms with Gasteiger partial charge in [-0.25, -0.2) is 9.78 Å². The molecule has 3 aromatic rings. The van der Waals surface area contributed by atoms with E-state index < -0.39 is 17.7 Å². The highest BCUT2D eigenvalue weighted by Gasteiger charge is 2.43. The van der Waals surface area contributed by atoms with Crippen molar-refractivity contribution in [2.24, 2.45) is 5.92 Å². The van der Waals surface area contributed by atoms with Gasteiger partial charge >= 0.3 is 6.09 Å². The van der Waals surface area contributed by atoms with Crippen LogP contribution in [-0.2, 0) is 28.9 Å². The average Bonchev–Trinajstić information content (AvgIpc) is 3.33. The van der Waals surface area contributed by atoms with Crippen LogP contribution in [-0.4, -0.2) is 85.6 Å². The maximum atomic E-state index is 14.5. The first kappa shape index (κ1) is 31.8. The number of aromatic nitrogens is 3. The Hall–Kier alpha value is -3.14. The number of ether oxygens (including phenoxy) is 1. The van der Waals surface area contributed by atoms with Gasteiger partial charge in [0.25, 0.3) is 0 Å². The summed E-state index contributed by atoms with van der Waals surface area (Å²) in [5, 5.41) is 1.29. The monoisotopic (exact) mass is 652 g/mol. The predicted molar refractivity (Wildman–Crippen MR) is 175 cm³/mol. The molecule has 1 aromatic carbocycles. The van der Waals surface area contributed by atoms with E-state index in [9.17, 15) is 9.59 Å². The Morgan fingerprint density at radius 1 is 1.00 bits per heavy atom. The first-order chi connectivity index (χ1) is 21.4. The molecule has 0 bridgehead atoms. The molecule has 2 aromatic heterocycles. The molecule has 45 heavy (non-hydrogen) atoms. The van der Waals surface area contributed by atoms with E-state index in [0.717, 1.165) is 60.3 Å². The average molecular weight is 654 g/mol. The second kappa shape index (κ2) is 12.9. The van der Waals surface area contributed by atoms with Gasteiger partial charge in [-0.1, -0.05) is 29.3 Å². The van der Waals surface area contributed by atoms with E-state index in [2.05, 4.69) is 20.5 Å². The number of likely N-dealkylation sites (tertiary alicyclic amines) is 1. The van der Waals surface area contributed by atoms with E-state index in [1.165, 1.54) is 0 Å². The van der Waals surface area contributed by atoms with Crippen LogP contribution >= 0.6 is 23.2 Å². The lowest BCUT2D eigenvalue weighted by atomic mass is 9.94. The fraction of sp³-hybridized carbons (Fsp3) is 0.529. The molecule has 2 saturated heterocycles. The molecular weight excluding hydrogens is 611 g/mol. The number of aryl methyl sites for hydroxylation is 3. The van der Waals surface area contributed by atoms with Crippen molar-refractivity contribution in [2.75, 3.05) is 32.7 Å². The smallest absolute Gasteiger partial charge is 0.411 e. The number of amides is 2. The highest BCUT2D eigenvalue weighted by molar-refractivity contribution is 6.30. The molecule has 0 saturated carbocycles. The van der Waals surface area contributed by atoms with Crippen molar-refractivity contribution in [3.63, 3.8) is 0 Å². The second-order valence-corrected chi connectivity index (χ2v) is 14.5. The number of piperazine rings is 1. The minimum absolute atomic E-state index is 0.0358. The van der Waals surface area contributed by atoms with Gasteiger partial charge in [0.2, 0.25) is 5.91 Å². The van der Waals surface area contributed by atoms with E-state index in [1.807, 2.05) is 63.3 Å². The molecule has 0 spiro atoms. The minimum Gasteiger partial charge on any atom is -0.444 e. The molecule has 0 N–H and O–H groups in total. The molecule has 4 heterocycles. The van der Waals surface area contributed by atoms with Gasteiger partial charge in [-0.15, -0.1) is 0 Å². The SMILES string of the molecule is Cc1cn(C[C@@H]2CCCN(C(=O)[C@H]3CN([C@H]4c5ccc(Cl)cc5CCc5cc(Cl)cnc54)CCN3C(=O)OC(C)(C)C)C2)cn1. The fourth-order valence-corrected chi connectivity index (χ4v) is 7.44. The third kappa shape index (κ3) is 7.16. The molecule has 2 amide bonds. The van der Waals surface area contributed by atoms with Crippen molar-refractivity contribution >= 4 is 35.2 Å². The van der Waals surface area contributed by atoms with Gasteiger partial charge in [0.15, 0.2) is 0 Å². The zero-order valence-electron chi connectivity index (χ0n) is 26.5. The Bertz CT molecular complexity index is 1520. The van der Waals surface area contributed by atoms with E-state index in [0.29, 0.717) is 48.7 Å². The number of benzene rings is 1. The maximum absolute atomic E-state index is 14.5. The highest BCUT2D eigenvalue weighted by Crippen LogP contribution is 2.39. The number of carbonyl (C=O) groups excluding carboxylic acids is 2. The molecule has 3 aliphatic rings. The van der Waals surface area contributed by atoms with Crippen LogP contribution in [0.15, 0.2) is 43.0 Å². The van der Waals surface area contributed by atoms with Crippen molar-refractivity contribution in [1.29, 1.82) is 0 Å². The second-order valence-electron chi connectivity index (χ2n) is 13.6. The lowest BCUT2D eigenvalue weighted by Gasteiger charge is -2.46. The van der Waals surface area contributed by atoms with Crippen LogP contribution in [0.4, 0.5) is 4.79 Å². The van der Waals surface area contributed by atoms with Crippen LogP contribution in [0.5, 0.6) is 0 Å². The van der Waals surface area contributed by atoms with Crippen LogP contribution in [0.25, 0.3) is 0 Å². The number of halogens is 2. The summed E-state index contributed by atoms with van der Waals surface area (Å²) in [6.45, 7) is 10.9. The predicted octanol–water partition coefficient (Wildman–Crippen LogP) is 5.94. The Morgan fingerprint density at radius 3 is 2.53 bits per heavy atom. The van der Waals surface area contributed by atoms with Gasteiger partial charge in [0, 0.05) is 56.7 Å². The quantitative estimate of drug-likeness (QED) is 0.347. The molecule has 0 radical (unpaired) electrons. The van der Waals surface area contributed by atoms with Gasteiger partial charge in [-0.2, -0.15) is 0 Å². The molecule has 9 nitrogen and oxygen atoms in total. The Kier molecular flexibility index (Phi) is 9.14. The number of carbonyl (C=O) groups is 2. The summed E-state index contributed by atoms with van der Waals surface area (Å²) in [7, 11) is 0. The first-order valence-corrected chi connectivity index (χ1v) is 16.6. The summed E-state index contributed by atoms with van der Waals surface area (Å²) in [6.07, 6.45) is 8.70. The number of piperidine rings is 1. The van der Waals surface area contributed by atoms with Gasteiger partial charge in [0.05, 0.1) is 28.8 Å². The van der Waals surface area contributed by atoms with Gasteiger partial charge < -0.3 is 14.2 Å². The summed E-state index contributed by atoms with van der Waals surface area (Å²) in [5.74, 6) is 0.275. The summed E-state index contributed by atoms with van der Waals surface area (Å²) in [6, 6.07) is 7.13.